The number of alkyl halides is 3. The zero-order valence-electron chi connectivity index (χ0n) is 26.5. The van der Waals surface area contributed by atoms with Gasteiger partial charge in [-0.25, -0.2) is 14.5 Å². The number of ether oxygens (including phenoxy) is 1. The standard InChI is InChI=1S/C35H37F3N6O2S/c1-22(2)28-17-8-23(3)20-31(28)43-18-19-47-34(43)41-33(45)40-30-7-5-4-6-29(30)24-9-11-25(12-10-24)32-39-21-44(42-32)26-13-15-27(16-14-26)46-35(36,37)38/h8-17,20-22,29-30H,4-7,18-19H2,1-3H3,(H,40,45). The molecule has 0 radical (unpaired) electrons. The van der Waals surface area contributed by atoms with Crippen LogP contribution < -0.4 is 15.0 Å². The van der Waals surface area contributed by atoms with Crippen molar-refractivity contribution in [3.8, 4) is 22.8 Å². The number of carbonyl (C=O) groups excluding carboxylic acids is 1. The van der Waals surface area contributed by atoms with Gasteiger partial charge in [0.15, 0.2) is 11.0 Å². The second-order valence-electron chi connectivity index (χ2n) is 12.2. The van der Waals surface area contributed by atoms with Crippen LogP contribution in [0.1, 0.15) is 68.1 Å². The predicted octanol–water partition coefficient (Wildman–Crippen LogP) is 8.61. The average Bonchev–Trinajstić information content (AvgIpc) is 3.71. The number of nitrogens with one attached hydrogen (secondary N) is 1. The lowest BCUT2D eigenvalue weighted by atomic mass is 9.80. The van der Waals surface area contributed by atoms with Gasteiger partial charge in [0.2, 0.25) is 0 Å². The molecule has 47 heavy (non-hydrogen) atoms. The summed E-state index contributed by atoms with van der Waals surface area (Å²) in [4.78, 5) is 24.5. The van der Waals surface area contributed by atoms with Crippen molar-refractivity contribution in [1.29, 1.82) is 0 Å². The molecule has 1 aromatic heterocycles. The van der Waals surface area contributed by atoms with Crippen LogP contribution in [0, 0.1) is 6.92 Å². The van der Waals surface area contributed by atoms with Crippen LogP contribution in [-0.4, -0.2) is 50.7 Å². The maximum atomic E-state index is 13.3. The Morgan fingerprint density at radius 2 is 1.79 bits per heavy atom. The summed E-state index contributed by atoms with van der Waals surface area (Å²) in [5, 5.41) is 8.49. The average molecular weight is 663 g/mol. The molecule has 8 nitrogen and oxygen atoms in total. The Kier molecular flexibility index (Phi) is 9.58. The number of rotatable bonds is 7. The fraction of sp³-hybridized carbons (Fsp3) is 0.371. The summed E-state index contributed by atoms with van der Waals surface area (Å²) in [6.07, 6.45) is 0.743. The topological polar surface area (TPSA) is 84.6 Å². The molecule has 1 aliphatic carbocycles. The van der Waals surface area contributed by atoms with Crippen LogP contribution in [0.15, 0.2) is 78.0 Å². The molecule has 12 heteroatoms. The van der Waals surface area contributed by atoms with Crippen LogP contribution in [0.3, 0.4) is 0 Å². The molecular weight excluding hydrogens is 625 g/mol. The Hall–Kier alpha value is -4.32. The first-order valence-corrected chi connectivity index (χ1v) is 16.8. The second kappa shape index (κ2) is 13.8. The van der Waals surface area contributed by atoms with Gasteiger partial charge in [-0.2, -0.15) is 4.99 Å². The first-order chi connectivity index (χ1) is 22.5. The van der Waals surface area contributed by atoms with Crippen LogP contribution in [0.4, 0.5) is 23.7 Å². The summed E-state index contributed by atoms with van der Waals surface area (Å²) < 4.78 is 42.9. The van der Waals surface area contributed by atoms with Gasteiger partial charge in [-0.05, 0) is 72.7 Å². The molecule has 1 aliphatic heterocycles. The number of anilines is 1. The molecule has 2 amide bonds. The van der Waals surface area contributed by atoms with E-state index in [2.05, 4.69) is 81.1 Å². The first-order valence-electron chi connectivity index (χ1n) is 15.8. The number of aryl methyl sites for hydroxylation is 1. The van der Waals surface area contributed by atoms with Gasteiger partial charge in [0.1, 0.15) is 12.1 Å². The molecule has 1 N–H and O–H groups in total. The van der Waals surface area contributed by atoms with Gasteiger partial charge in [0.05, 0.1) is 5.69 Å². The second-order valence-corrected chi connectivity index (χ2v) is 13.3. The van der Waals surface area contributed by atoms with Gasteiger partial charge in [-0.15, -0.1) is 18.3 Å². The van der Waals surface area contributed by atoms with E-state index >= 15 is 0 Å². The van der Waals surface area contributed by atoms with Crippen molar-refractivity contribution in [1.82, 2.24) is 20.1 Å². The molecule has 0 bridgehead atoms. The van der Waals surface area contributed by atoms with Crippen molar-refractivity contribution >= 4 is 28.6 Å². The minimum atomic E-state index is -4.75. The Bertz CT molecular complexity index is 1740. The highest BCUT2D eigenvalue weighted by atomic mass is 32.2. The van der Waals surface area contributed by atoms with E-state index in [1.165, 1.54) is 46.4 Å². The maximum Gasteiger partial charge on any atom is 0.573 e. The molecule has 1 saturated heterocycles. The fourth-order valence-corrected chi connectivity index (χ4v) is 7.22. The fourth-order valence-electron chi connectivity index (χ4n) is 6.27. The molecule has 2 heterocycles. The minimum absolute atomic E-state index is 0.0295. The van der Waals surface area contributed by atoms with Gasteiger partial charge in [-0.1, -0.05) is 74.8 Å². The normalized spacial score (nSPS) is 19.4. The molecule has 6 rings (SSSR count). The number of benzene rings is 3. The molecule has 2 fully saturated rings. The lowest BCUT2D eigenvalue weighted by molar-refractivity contribution is -0.274. The number of hydrogen-bond acceptors (Lipinski definition) is 5. The van der Waals surface area contributed by atoms with E-state index in [0.717, 1.165) is 60.0 Å². The molecule has 246 valence electrons. The predicted molar refractivity (Wildman–Crippen MR) is 180 cm³/mol. The summed E-state index contributed by atoms with van der Waals surface area (Å²) in [6, 6.07) is 19.6. The van der Waals surface area contributed by atoms with E-state index in [0.29, 0.717) is 17.4 Å². The monoisotopic (exact) mass is 662 g/mol. The number of urea groups is 1. The van der Waals surface area contributed by atoms with Crippen LogP contribution in [0.25, 0.3) is 17.1 Å². The van der Waals surface area contributed by atoms with Crippen LogP contribution in [-0.2, 0) is 0 Å². The number of amides is 2. The van der Waals surface area contributed by atoms with Crippen LogP contribution >= 0.6 is 11.8 Å². The number of aliphatic imine (C=N–C) groups is 1. The first kappa shape index (κ1) is 32.6. The third kappa shape index (κ3) is 7.81. The Labute approximate surface area is 276 Å². The summed E-state index contributed by atoms with van der Waals surface area (Å²) in [7, 11) is 0. The van der Waals surface area contributed by atoms with Crippen molar-refractivity contribution in [3.05, 3.63) is 89.7 Å². The van der Waals surface area contributed by atoms with E-state index < -0.39 is 6.36 Å². The molecule has 4 aromatic rings. The molecular formula is C35H37F3N6O2S. The van der Waals surface area contributed by atoms with Gasteiger partial charge >= 0.3 is 12.4 Å². The summed E-state index contributed by atoms with van der Waals surface area (Å²) in [5.41, 5.74) is 6.04. The Morgan fingerprint density at radius 3 is 2.51 bits per heavy atom. The molecule has 1 saturated carbocycles. The molecule has 2 aliphatic rings. The van der Waals surface area contributed by atoms with Crippen LogP contribution in [0.5, 0.6) is 5.75 Å². The number of carbonyl (C=O) groups is 1. The van der Waals surface area contributed by atoms with Crippen molar-refractivity contribution in [2.45, 2.75) is 70.7 Å². The Morgan fingerprint density at radius 1 is 1.04 bits per heavy atom. The highest BCUT2D eigenvalue weighted by Crippen LogP contribution is 2.36. The van der Waals surface area contributed by atoms with Gasteiger partial charge in [0.25, 0.3) is 0 Å². The largest absolute Gasteiger partial charge is 0.573 e. The van der Waals surface area contributed by atoms with Gasteiger partial charge in [0, 0.05) is 35.5 Å². The summed E-state index contributed by atoms with van der Waals surface area (Å²) in [5.74, 6) is 1.58. The van der Waals surface area contributed by atoms with Crippen molar-refractivity contribution in [3.63, 3.8) is 0 Å². The number of nitrogens with zero attached hydrogens (tertiary/aromatic N) is 5. The quantitative estimate of drug-likeness (QED) is 0.213. The van der Waals surface area contributed by atoms with Crippen LogP contribution in [0.2, 0.25) is 0 Å². The number of thioether (sulfide) groups is 1. The number of amidine groups is 1. The van der Waals surface area contributed by atoms with Crippen molar-refractivity contribution in [2.24, 2.45) is 4.99 Å². The SMILES string of the molecule is Cc1ccc(C(C)C)c(N2CCSC2=NC(=O)NC2CCCCC2c2ccc(-c3ncn(-c4ccc(OC(F)(F)F)cc4)n3)cc2)c1. The van der Waals surface area contributed by atoms with Gasteiger partial charge in [-0.3, -0.25) is 0 Å². The number of aromatic nitrogens is 3. The lowest BCUT2D eigenvalue weighted by Gasteiger charge is -2.32. The third-order valence-electron chi connectivity index (χ3n) is 8.57. The van der Waals surface area contributed by atoms with E-state index in [9.17, 15) is 18.0 Å². The van der Waals surface area contributed by atoms with E-state index in [-0.39, 0.29) is 23.7 Å². The molecule has 2 atom stereocenters. The number of halogens is 3. The van der Waals surface area contributed by atoms with Crippen molar-refractivity contribution in [2.75, 3.05) is 17.2 Å². The summed E-state index contributed by atoms with van der Waals surface area (Å²) >= 11 is 1.62. The maximum absolute atomic E-state index is 13.3. The van der Waals surface area contributed by atoms with Crippen molar-refractivity contribution < 1.29 is 22.7 Å². The highest BCUT2D eigenvalue weighted by molar-refractivity contribution is 8.14. The van der Waals surface area contributed by atoms with Gasteiger partial charge < -0.3 is 15.0 Å². The number of hydrogen-bond donors (Lipinski definition) is 1. The Balaban J connectivity index is 1.13. The smallest absolute Gasteiger partial charge is 0.406 e. The third-order valence-corrected chi connectivity index (χ3v) is 9.53. The van der Waals surface area contributed by atoms with E-state index in [1.54, 1.807) is 11.8 Å². The molecule has 2 unspecified atom stereocenters. The summed E-state index contributed by atoms with van der Waals surface area (Å²) in [6.45, 7) is 7.27. The lowest BCUT2D eigenvalue weighted by Crippen LogP contribution is -2.40. The zero-order chi connectivity index (χ0) is 33.1. The minimum Gasteiger partial charge on any atom is -0.406 e. The van der Waals surface area contributed by atoms with E-state index in [1.807, 2.05) is 12.1 Å². The van der Waals surface area contributed by atoms with E-state index in [4.69, 9.17) is 0 Å². The molecule has 0 spiro atoms. The molecule has 3 aromatic carbocycles. The zero-order valence-corrected chi connectivity index (χ0v) is 27.3. The highest BCUT2D eigenvalue weighted by Gasteiger charge is 2.31.